The molecule has 15 heavy (non-hydrogen) atoms. The first kappa shape index (κ1) is 12.0. The van der Waals surface area contributed by atoms with Crippen LogP contribution in [0.4, 0.5) is 0 Å². The first-order chi connectivity index (χ1) is 7.24. The molecule has 1 fully saturated rings. The monoisotopic (exact) mass is 209 g/mol. The van der Waals surface area contributed by atoms with Crippen LogP contribution in [0.5, 0.6) is 0 Å². The topological polar surface area (TPSA) is 64.9 Å². The average Bonchev–Trinajstić information content (AvgIpc) is 2.24. The minimum atomic E-state index is -0.0316. The van der Waals surface area contributed by atoms with Gasteiger partial charge in [-0.1, -0.05) is 6.92 Å². The zero-order valence-corrected chi connectivity index (χ0v) is 9.25. The number of hydrogen-bond donors (Lipinski definition) is 2. The molecule has 2 unspecified atom stereocenters. The van der Waals surface area contributed by atoms with E-state index in [-0.39, 0.29) is 11.9 Å². The van der Waals surface area contributed by atoms with Crippen LogP contribution in [0, 0.1) is 17.2 Å². The number of nitriles is 1. The van der Waals surface area contributed by atoms with Crippen LogP contribution in [0.25, 0.3) is 0 Å². The van der Waals surface area contributed by atoms with Crippen LogP contribution < -0.4 is 10.6 Å². The summed E-state index contributed by atoms with van der Waals surface area (Å²) >= 11 is 0. The first-order valence-electron chi connectivity index (χ1n) is 5.62. The van der Waals surface area contributed by atoms with Crippen molar-refractivity contribution < 1.29 is 4.79 Å². The minimum Gasteiger partial charge on any atom is -0.355 e. The molecular formula is C11H19N3O. The summed E-state index contributed by atoms with van der Waals surface area (Å²) in [5.41, 5.74) is 0. The lowest BCUT2D eigenvalue weighted by molar-refractivity contribution is -0.124. The molecular weight excluding hydrogens is 190 g/mol. The molecule has 0 aromatic carbocycles. The zero-order chi connectivity index (χ0) is 11.1. The molecule has 2 atom stereocenters. The number of nitrogens with zero attached hydrogens (tertiary/aromatic N) is 1. The lowest BCUT2D eigenvalue weighted by atomic mass is 9.94. The number of amides is 1. The van der Waals surface area contributed by atoms with Crippen molar-refractivity contribution in [2.45, 2.75) is 38.6 Å². The van der Waals surface area contributed by atoms with Crippen molar-refractivity contribution in [2.75, 3.05) is 13.1 Å². The summed E-state index contributed by atoms with van der Waals surface area (Å²) in [4.78, 5) is 11.7. The molecule has 1 saturated heterocycles. The third kappa shape index (κ3) is 4.30. The molecule has 0 bridgehead atoms. The smallest absolute Gasteiger partial charge is 0.237 e. The molecule has 0 radical (unpaired) electrons. The van der Waals surface area contributed by atoms with Gasteiger partial charge in [-0.2, -0.15) is 5.26 Å². The van der Waals surface area contributed by atoms with Gasteiger partial charge in [0, 0.05) is 13.0 Å². The predicted molar refractivity (Wildman–Crippen MR) is 58.0 cm³/mol. The molecule has 1 aliphatic rings. The number of piperidine rings is 1. The van der Waals surface area contributed by atoms with Gasteiger partial charge in [-0.15, -0.1) is 0 Å². The van der Waals surface area contributed by atoms with Gasteiger partial charge in [-0.25, -0.2) is 0 Å². The van der Waals surface area contributed by atoms with Crippen LogP contribution in [-0.2, 0) is 4.79 Å². The molecule has 1 heterocycles. The average molecular weight is 209 g/mol. The summed E-state index contributed by atoms with van der Waals surface area (Å²) in [6.07, 6.45) is 3.32. The highest BCUT2D eigenvalue weighted by atomic mass is 16.2. The first-order valence-corrected chi connectivity index (χ1v) is 5.62. The van der Waals surface area contributed by atoms with Crippen molar-refractivity contribution >= 4 is 5.91 Å². The fourth-order valence-electron chi connectivity index (χ4n) is 1.81. The number of carbonyl (C=O) groups is 1. The molecule has 4 heteroatoms. The highest BCUT2D eigenvalue weighted by molar-refractivity contribution is 5.81. The van der Waals surface area contributed by atoms with Crippen LogP contribution >= 0.6 is 0 Å². The Morgan fingerprint density at radius 3 is 3.13 bits per heavy atom. The van der Waals surface area contributed by atoms with Gasteiger partial charge in [-0.3, -0.25) is 4.79 Å². The van der Waals surface area contributed by atoms with Crippen LogP contribution in [0.1, 0.15) is 32.6 Å². The molecule has 1 rings (SSSR count). The highest BCUT2D eigenvalue weighted by Gasteiger charge is 2.23. The van der Waals surface area contributed by atoms with Gasteiger partial charge >= 0.3 is 0 Å². The van der Waals surface area contributed by atoms with Gasteiger partial charge in [0.25, 0.3) is 0 Å². The Hall–Kier alpha value is -1.08. The van der Waals surface area contributed by atoms with E-state index < -0.39 is 0 Å². The highest BCUT2D eigenvalue weighted by Crippen LogP contribution is 2.14. The Labute approximate surface area is 91.0 Å². The van der Waals surface area contributed by atoms with E-state index in [0.717, 1.165) is 25.8 Å². The van der Waals surface area contributed by atoms with E-state index in [4.69, 9.17) is 5.26 Å². The summed E-state index contributed by atoms with van der Waals surface area (Å²) in [6, 6.07) is 2.03. The number of nitrogens with one attached hydrogen (secondary N) is 2. The normalized spacial score (nSPS) is 25.6. The van der Waals surface area contributed by atoms with Gasteiger partial charge < -0.3 is 10.6 Å². The van der Waals surface area contributed by atoms with Crippen LogP contribution in [0.2, 0.25) is 0 Å². The molecule has 2 N–H and O–H groups in total. The molecule has 0 aliphatic carbocycles. The van der Waals surface area contributed by atoms with E-state index in [0.29, 0.717) is 18.9 Å². The summed E-state index contributed by atoms with van der Waals surface area (Å²) in [5.74, 6) is 0.709. The summed E-state index contributed by atoms with van der Waals surface area (Å²) < 4.78 is 0. The van der Waals surface area contributed by atoms with E-state index in [1.807, 2.05) is 0 Å². The van der Waals surface area contributed by atoms with Crippen LogP contribution in [-0.4, -0.2) is 25.0 Å². The maximum Gasteiger partial charge on any atom is 0.237 e. The Morgan fingerprint density at radius 2 is 2.47 bits per heavy atom. The molecule has 84 valence electrons. The van der Waals surface area contributed by atoms with E-state index in [2.05, 4.69) is 23.6 Å². The van der Waals surface area contributed by atoms with Crippen molar-refractivity contribution in [2.24, 2.45) is 5.92 Å². The van der Waals surface area contributed by atoms with Gasteiger partial charge in [-0.05, 0) is 31.7 Å². The van der Waals surface area contributed by atoms with Crippen molar-refractivity contribution in [3.05, 3.63) is 0 Å². The third-order valence-electron chi connectivity index (χ3n) is 2.75. The minimum absolute atomic E-state index is 0.0316. The quantitative estimate of drug-likeness (QED) is 0.673. The van der Waals surface area contributed by atoms with Gasteiger partial charge in [0.1, 0.15) is 0 Å². The zero-order valence-electron chi connectivity index (χ0n) is 9.25. The molecule has 1 amide bonds. The maximum absolute atomic E-state index is 11.7. The number of unbranched alkanes of at least 4 members (excludes halogenated alkanes) is 1. The summed E-state index contributed by atoms with van der Waals surface area (Å²) in [7, 11) is 0. The standard InChI is InChI=1S/C11H19N3O/c1-9-4-7-13-10(8-9)11(15)14-6-3-2-5-12/h9-10,13H,2-4,6-8H2,1H3,(H,14,15). The van der Waals surface area contributed by atoms with E-state index in [9.17, 15) is 4.79 Å². The second kappa shape index (κ2) is 6.41. The van der Waals surface area contributed by atoms with Crippen molar-refractivity contribution in [1.29, 1.82) is 5.26 Å². The predicted octanol–water partition coefficient (Wildman–Crippen LogP) is 0.794. The molecule has 4 nitrogen and oxygen atoms in total. The van der Waals surface area contributed by atoms with Crippen LogP contribution in [0.15, 0.2) is 0 Å². The van der Waals surface area contributed by atoms with E-state index in [1.165, 1.54) is 0 Å². The SMILES string of the molecule is CC1CCNC(C(=O)NCCCC#N)C1. The Kier molecular flexibility index (Phi) is 5.13. The van der Waals surface area contributed by atoms with Crippen molar-refractivity contribution in [3.63, 3.8) is 0 Å². The van der Waals surface area contributed by atoms with Crippen molar-refractivity contribution in [3.8, 4) is 6.07 Å². The molecule has 0 aromatic rings. The fourth-order valence-corrected chi connectivity index (χ4v) is 1.81. The molecule has 0 saturated carbocycles. The number of rotatable bonds is 4. The number of hydrogen-bond acceptors (Lipinski definition) is 3. The lowest BCUT2D eigenvalue weighted by Gasteiger charge is -2.27. The number of carbonyl (C=O) groups excluding carboxylic acids is 1. The summed E-state index contributed by atoms with van der Waals surface area (Å²) in [5, 5.41) is 14.4. The summed E-state index contributed by atoms with van der Waals surface area (Å²) in [6.45, 7) is 3.72. The van der Waals surface area contributed by atoms with E-state index in [1.54, 1.807) is 0 Å². The Bertz CT molecular complexity index is 247. The van der Waals surface area contributed by atoms with Crippen molar-refractivity contribution in [1.82, 2.24) is 10.6 Å². The Balaban J connectivity index is 2.18. The lowest BCUT2D eigenvalue weighted by Crippen LogP contribution is -2.48. The van der Waals surface area contributed by atoms with E-state index >= 15 is 0 Å². The second-order valence-electron chi connectivity index (χ2n) is 4.19. The third-order valence-corrected chi connectivity index (χ3v) is 2.75. The second-order valence-corrected chi connectivity index (χ2v) is 4.19. The molecule has 0 spiro atoms. The van der Waals surface area contributed by atoms with Crippen LogP contribution in [0.3, 0.4) is 0 Å². The van der Waals surface area contributed by atoms with Gasteiger partial charge in [0.2, 0.25) is 5.91 Å². The molecule has 1 aliphatic heterocycles. The Morgan fingerprint density at radius 1 is 1.67 bits per heavy atom. The fraction of sp³-hybridized carbons (Fsp3) is 0.818. The maximum atomic E-state index is 11.7. The van der Waals surface area contributed by atoms with Gasteiger partial charge in [0.05, 0.1) is 12.1 Å². The largest absolute Gasteiger partial charge is 0.355 e. The molecule has 0 aromatic heterocycles. The van der Waals surface area contributed by atoms with Gasteiger partial charge in [0.15, 0.2) is 0 Å².